The zero-order valence-electron chi connectivity index (χ0n) is 13.0. The molecule has 0 radical (unpaired) electrons. The van der Waals surface area contributed by atoms with Gasteiger partial charge in [-0.05, 0) is 39.8 Å². The molecule has 1 rings (SSSR count). The first-order valence-corrected chi connectivity index (χ1v) is 6.82. The van der Waals surface area contributed by atoms with Crippen molar-refractivity contribution in [3.8, 4) is 0 Å². The van der Waals surface area contributed by atoms with Crippen molar-refractivity contribution in [3.63, 3.8) is 0 Å². The van der Waals surface area contributed by atoms with Crippen LogP contribution in [0.3, 0.4) is 0 Å². The van der Waals surface area contributed by atoms with Gasteiger partial charge in [0.25, 0.3) is 0 Å². The molecule has 1 aromatic heterocycles. The van der Waals surface area contributed by atoms with Gasteiger partial charge in [-0.3, -0.25) is 9.78 Å². The van der Waals surface area contributed by atoms with E-state index in [2.05, 4.69) is 31.1 Å². The van der Waals surface area contributed by atoms with Crippen LogP contribution in [0, 0.1) is 6.92 Å². The molecule has 108 valence electrons. The van der Waals surface area contributed by atoms with E-state index in [9.17, 15) is 4.79 Å². The molecule has 0 bridgehead atoms. The van der Waals surface area contributed by atoms with Gasteiger partial charge in [-0.25, -0.2) is 0 Å². The largest absolute Gasteiger partial charge is 0.312 e. The monoisotopic (exact) mass is 265 g/mol. The summed E-state index contributed by atoms with van der Waals surface area (Å²) in [5.41, 5.74) is 1.86. The van der Waals surface area contributed by atoms with E-state index in [1.807, 2.05) is 32.9 Å². The van der Waals surface area contributed by atoms with Gasteiger partial charge in [0.2, 0.25) is 6.41 Å². The minimum Gasteiger partial charge on any atom is -0.312 e. The molecule has 0 spiro atoms. The SMILES string of the molecule is CC.Cc1ccc(N(C=O)CCNC(C)(C)C)cn1. The molecule has 0 atom stereocenters. The number of anilines is 1. The number of nitrogens with zero attached hydrogens (tertiary/aromatic N) is 2. The third-order valence-corrected chi connectivity index (χ3v) is 2.36. The zero-order valence-corrected chi connectivity index (χ0v) is 13.0. The van der Waals surface area contributed by atoms with Gasteiger partial charge in [0.15, 0.2) is 0 Å². The van der Waals surface area contributed by atoms with Gasteiger partial charge < -0.3 is 10.2 Å². The number of carbonyl (C=O) groups is 1. The summed E-state index contributed by atoms with van der Waals surface area (Å²) in [5, 5.41) is 3.35. The molecule has 4 heteroatoms. The molecule has 1 aromatic rings. The molecule has 0 fully saturated rings. The molecule has 1 N–H and O–H groups in total. The highest BCUT2D eigenvalue weighted by atomic mass is 16.1. The predicted octanol–water partition coefficient (Wildman–Crippen LogP) is 2.77. The van der Waals surface area contributed by atoms with Crippen molar-refractivity contribution in [3.05, 3.63) is 24.0 Å². The molecule has 1 heterocycles. The first kappa shape index (κ1) is 17.6. The number of rotatable bonds is 5. The molecule has 0 aliphatic rings. The van der Waals surface area contributed by atoms with Crippen LogP contribution in [0.4, 0.5) is 5.69 Å². The summed E-state index contributed by atoms with van der Waals surface area (Å²) in [6, 6.07) is 3.82. The zero-order chi connectivity index (χ0) is 14.9. The number of hydrogen-bond acceptors (Lipinski definition) is 3. The van der Waals surface area contributed by atoms with Gasteiger partial charge >= 0.3 is 0 Å². The Hall–Kier alpha value is -1.42. The van der Waals surface area contributed by atoms with Gasteiger partial charge in [-0.15, -0.1) is 0 Å². The molecule has 4 nitrogen and oxygen atoms in total. The van der Waals surface area contributed by atoms with E-state index < -0.39 is 0 Å². The average Bonchev–Trinajstić information content (AvgIpc) is 2.37. The predicted molar refractivity (Wildman–Crippen MR) is 81.5 cm³/mol. The summed E-state index contributed by atoms with van der Waals surface area (Å²) >= 11 is 0. The van der Waals surface area contributed by atoms with Gasteiger partial charge in [-0.1, -0.05) is 13.8 Å². The van der Waals surface area contributed by atoms with Crippen LogP contribution < -0.4 is 10.2 Å². The van der Waals surface area contributed by atoms with Crippen molar-refractivity contribution in [2.24, 2.45) is 0 Å². The first-order valence-electron chi connectivity index (χ1n) is 6.82. The first-order chi connectivity index (χ1) is 8.92. The van der Waals surface area contributed by atoms with Crippen LogP contribution in [0.2, 0.25) is 0 Å². The quantitative estimate of drug-likeness (QED) is 0.833. The fraction of sp³-hybridized carbons (Fsp3) is 0.600. The Balaban J connectivity index is 0.00000154. The van der Waals surface area contributed by atoms with Crippen LogP contribution in [-0.2, 0) is 4.79 Å². The normalized spacial score (nSPS) is 10.4. The fourth-order valence-electron chi connectivity index (χ4n) is 1.42. The lowest BCUT2D eigenvalue weighted by molar-refractivity contribution is -0.107. The van der Waals surface area contributed by atoms with E-state index in [0.717, 1.165) is 24.3 Å². The number of nitrogens with one attached hydrogen (secondary N) is 1. The molecule has 0 saturated carbocycles. The number of aryl methyl sites for hydroxylation is 1. The highest BCUT2D eigenvalue weighted by Gasteiger charge is 2.10. The lowest BCUT2D eigenvalue weighted by atomic mass is 10.1. The molecular formula is C15H27N3O. The van der Waals surface area contributed by atoms with Gasteiger partial charge in [0.05, 0.1) is 11.9 Å². The molecule has 0 unspecified atom stereocenters. The van der Waals surface area contributed by atoms with Gasteiger partial charge in [-0.2, -0.15) is 0 Å². The summed E-state index contributed by atoms with van der Waals surface area (Å²) in [6.45, 7) is 13.6. The maximum absolute atomic E-state index is 11.0. The Labute approximate surface area is 117 Å². The smallest absolute Gasteiger partial charge is 0.214 e. The summed E-state index contributed by atoms with van der Waals surface area (Å²) in [6.07, 6.45) is 2.57. The van der Waals surface area contributed by atoms with E-state index >= 15 is 0 Å². The Morgan fingerprint density at radius 3 is 2.37 bits per heavy atom. The lowest BCUT2D eigenvalue weighted by Crippen LogP contribution is -2.41. The topological polar surface area (TPSA) is 45.2 Å². The van der Waals surface area contributed by atoms with Crippen molar-refractivity contribution in [2.45, 2.75) is 47.1 Å². The average molecular weight is 265 g/mol. The maximum atomic E-state index is 11.0. The van der Waals surface area contributed by atoms with Crippen LogP contribution in [0.15, 0.2) is 18.3 Å². The van der Waals surface area contributed by atoms with E-state index in [4.69, 9.17) is 0 Å². The maximum Gasteiger partial charge on any atom is 0.214 e. The number of aromatic nitrogens is 1. The van der Waals surface area contributed by atoms with Crippen molar-refractivity contribution in [1.29, 1.82) is 0 Å². The third-order valence-electron chi connectivity index (χ3n) is 2.36. The third kappa shape index (κ3) is 7.57. The van der Waals surface area contributed by atoms with Gasteiger partial charge in [0.1, 0.15) is 0 Å². The van der Waals surface area contributed by atoms with Crippen LogP contribution in [0.5, 0.6) is 0 Å². The Morgan fingerprint density at radius 1 is 1.32 bits per heavy atom. The summed E-state index contributed by atoms with van der Waals surface area (Å²) < 4.78 is 0. The second kappa shape index (κ2) is 8.64. The lowest BCUT2D eigenvalue weighted by Gasteiger charge is -2.23. The van der Waals surface area contributed by atoms with E-state index in [1.54, 1.807) is 11.1 Å². The van der Waals surface area contributed by atoms with Crippen molar-refractivity contribution in [2.75, 3.05) is 18.0 Å². The van der Waals surface area contributed by atoms with Crippen LogP contribution >= 0.6 is 0 Å². The Bertz CT molecular complexity index is 355. The number of carbonyl (C=O) groups excluding carboxylic acids is 1. The Kier molecular flexibility index (Phi) is 8.00. The molecule has 0 aliphatic carbocycles. The molecular weight excluding hydrogens is 238 g/mol. The Morgan fingerprint density at radius 2 is 1.95 bits per heavy atom. The second-order valence-corrected chi connectivity index (χ2v) is 5.13. The summed E-state index contributed by atoms with van der Waals surface area (Å²) in [5.74, 6) is 0. The standard InChI is InChI=1S/C13H21N3O.C2H6/c1-11-5-6-12(9-14-11)16(10-17)8-7-15-13(2,3)4;1-2/h5-6,9-10,15H,7-8H2,1-4H3;1-2H3. The number of pyridine rings is 1. The minimum atomic E-state index is 0.0695. The van der Waals surface area contributed by atoms with Crippen LogP contribution in [-0.4, -0.2) is 30.0 Å². The summed E-state index contributed by atoms with van der Waals surface area (Å²) in [4.78, 5) is 16.9. The minimum absolute atomic E-state index is 0.0695. The van der Waals surface area contributed by atoms with Crippen molar-refractivity contribution < 1.29 is 4.79 Å². The van der Waals surface area contributed by atoms with Crippen molar-refractivity contribution in [1.82, 2.24) is 10.3 Å². The molecule has 1 amide bonds. The second-order valence-electron chi connectivity index (χ2n) is 5.13. The van der Waals surface area contributed by atoms with Gasteiger partial charge in [0, 0.05) is 24.3 Å². The van der Waals surface area contributed by atoms with E-state index in [1.165, 1.54) is 0 Å². The molecule has 0 saturated heterocycles. The van der Waals surface area contributed by atoms with Crippen LogP contribution in [0.1, 0.15) is 40.3 Å². The highest BCUT2D eigenvalue weighted by molar-refractivity contribution is 5.74. The molecule has 19 heavy (non-hydrogen) atoms. The highest BCUT2D eigenvalue weighted by Crippen LogP contribution is 2.10. The molecule has 0 aliphatic heterocycles. The van der Waals surface area contributed by atoms with E-state index in [0.29, 0.717) is 6.54 Å². The fourth-order valence-corrected chi connectivity index (χ4v) is 1.42. The molecule has 0 aromatic carbocycles. The van der Waals surface area contributed by atoms with Crippen LogP contribution in [0.25, 0.3) is 0 Å². The number of amides is 1. The van der Waals surface area contributed by atoms with Crippen molar-refractivity contribution >= 4 is 12.1 Å². The van der Waals surface area contributed by atoms with E-state index in [-0.39, 0.29) is 5.54 Å². The number of hydrogen-bond donors (Lipinski definition) is 1. The summed E-state index contributed by atoms with van der Waals surface area (Å²) in [7, 11) is 0.